The number of hydrogen-bond donors (Lipinski definition) is 1. The molecule has 2 heterocycles. The molecule has 2 aromatic heterocycles. The van der Waals surface area contributed by atoms with E-state index in [9.17, 15) is 0 Å². The van der Waals surface area contributed by atoms with Crippen LogP contribution in [0.2, 0.25) is 0 Å². The first-order valence-corrected chi connectivity index (χ1v) is 4.43. The summed E-state index contributed by atoms with van der Waals surface area (Å²) >= 11 is 0. The molecule has 0 spiro atoms. The zero-order chi connectivity index (χ0) is 9.64. The fraction of sp³-hybridized carbons (Fsp3) is 0. The zero-order valence-electron chi connectivity index (χ0n) is 8.90. The molecule has 0 saturated heterocycles. The molecule has 0 saturated carbocycles. The van der Waals surface area contributed by atoms with Crippen LogP contribution in [0.3, 0.4) is 0 Å². The van der Waals surface area contributed by atoms with Gasteiger partial charge in [0.1, 0.15) is 0 Å². The third-order valence-electron chi connectivity index (χ3n) is 1.81. The molecule has 0 aliphatic heterocycles. The zero-order valence-corrected chi connectivity index (χ0v) is 12.0. The normalized spacial score (nSPS) is 7.76. The minimum atomic E-state index is 0. The number of halogens is 2. The molecule has 0 aliphatic rings. The van der Waals surface area contributed by atoms with E-state index in [1.807, 2.05) is 48.5 Å². The van der Waals surface area contributed by atoms with Gasteiger partial charge in [-0.25, -0.2) is 12.1 Å². The van der Waals surface area contributed by atoms with Gasteiger partial charge >= 0.3 is 21.7 Å². The summed E-state index contributed by atoms with van der Waals surface area (Å²) in [7, 11) is 0. The quantitative estimate of drug-likeness (QED) is 0.343. The third kappa shape index (κ3) is 5.99. The van der Waals surface area contributed by atoms with Crippen molar-refractivity contribution in [2.75, 3.05) is 0 Å². The standard InChI is InChI=1S/C7H5N2.C5H5.2ClH.Ti/c1-2-6-3-5-9-7(6)8-4-1;1-2-4-5-3-1;;;/h1-4H,(H,8,9);1-5H;2*1H;/q2*-1;;;+4/p-2. The molecule has 86 valence electrons. The molecule has 0 radical (unpaired) electrons. The van der Waals surface area contributed by atoms with Crippen LogP contribution in [0, 0.1) is 6.20 Å². The van der Waals surface area contributed by atoms with Gasteiger partial charge in [0.2, 0.25) is 0 Å². The van der Waals surface area contributed by atoms with Crippen LogP contribution in [0.1, 0.15) is 0 Å². The maximum absolute atomic E-state index is 4.05. The van der Waals surface area contributed by atoms with Gasteiger partial charge in [-0.3, -0.25) is 0 Å². The van der Waals surface area contributed by atoms with Crippen LogP contribution < -0.4 is 24.8 Å². The fourth-order valence-corrected chi connectivity index (χ4v) is 1.14. The van der Waals surface area contributed by atoms with Crippen LogP contribution >= 0.6 is 0 Å². The smallest absolute Gasteiger partial charge is 1.00 e. The molecule has 5 heteroatoms. The molecule has 0 atom stereocenters. The molecule has 3 aromatic rings. The second kappa shape index (κ2) is 10.5. The van der Waals surface area contributed by atoms with Gasteiger partial charge < -0.3 is 34.8 Å². The van der Waals surface area contributed by atoms with Gasteiger partial charge in [-0.05, 0) is 5.65 Å². The summed E-state index contributed by atoms with van der Waals surface area (Å²) in [6.07, 6.45) is 4.61. The molecule has 0 bridgehead atoms. The molecule has 0 unspecified atom stereocenters. The number of fused-ring (bicyclic) bond motifs is 1. The van der Waals surface area contributed by atoms with E-state index in [1.165, 1.54) is 0 Å². The van der Waals surface area contributed by atoms with Crippen molar-refractivity contribution in [2.45, 2.75) is 0 Å². The van der Waals surface area contributed by atoms with Crippen molar-refractivity contribution in [3.8, 4) is 0 Å². The van der Waals surface area contributed by atoms with Crippen molar-refractivity contribution in [3.05, 3.63) is 60.9 Å². The second-order valence-electron chi connectivity index (χ2n) is 2.82. The Morgan fingerprint density at radius 2 is 1.82 bits per heavy atom. The summed E-state index contributed by atoms with van der Waals surface area (Å²) in [5.74, 6) is 0. The Balaban J connectivity index is 0. The topological polar surface area (TPSA) is 28.7 Å². The Hall–Kier alpha value is -0.666. The van der Waals surface area contributed by atoms with E-state index in [1.54, 1.807) is 6.20 Å². The van der Waals surface area contributed by atoms with Crippen LogP contribution in [0.5, 0.6) is 0 Å². The Labute approximate surface area is 128 Å². The van der Waals surface area contributed by atoms with Gasteiger partial charge in [-0.15, -0.1) is 17.6 Å². The van der Waals surface area contributed by atoms with Crippen LogP contribution in [-0.4, -0.2) is 9.97 Å². The SMILES string of the molecule is [Cl-].[Cl-].[Ti+4].[c-]1cc2cccnc2[nH]1.c1cc[cH-]c1. The van der Waals surface area contributed by atoms with E-state index in [4.69, 9.17) is 0 Å². The molecular weight excluding hydrogens is 291 g/mol. The first-order valence-electron chi connectivity index (χ1n) is 4.43. The number of H-pyrrole nitrogens is 1. The van der Waals surface area contributed by atoms with Crippen molar-refractivity contribution in [1.82, 2.24) is 9.97 Å². The largest absolute Gasteiger partial charge is 4.00 e. The minimum Gasteiger partial charge on any atom is -1.00 e. The summed E-state index contributed by atoms with van der Waals surface area (Å²) < 4.78 is 0. The molecule has 3 rings (SSSR count). The first kappa shape index (κ1) is 18.7. The first-order chi connectivity index (χ1) is 6.97. The Bertz CT molecular complexity index is 432. The van der Waals surface area contributed by atoms with Crippen LogP contribution in [0.15, 0.2) is 54.7 Å². The molecule has 0 aliphatic carbocycles. The predicted octanol–water partition coefficient (Wildman–Crippen LogP) is -3.23. The summed E-state index contributed by atoms with van der Waals surface area (Å²) in [6, 6.07) is 15.8. The summed E-state index contributed by atoms with van der Waals surface area (Å²) in [4.78, 5) is 6.94. The Morgan fingerprint density at radius 3 is 2.35 bits per heavy atom. The van der Waals surface area contributed by atoms with Crippen molar-refractivity contribution in [3.63, 3.8) is 0 Å². The van der Waals surface area contributed by atoms with Gasteiger partial charge in [0.15, 0.2) is 0 Å². The molecular formula is C12H10Cl2N2Ti. The van der Waals surface area contributed by atoms with E-state index < -0.39 is 0 Å². The van der Waals surface area contributed by atoms with E-state index in [2.05, 4.69) is 16.2 Å². The predicted molar refractivity (Wildman–Crippen MR) is 57.0 cm³/mol. The fourth-order valence-electron chi connectivity index (χ4n) is 1.14. The number of hydrogen-bond acceptors (Lipinski definition) is 1. The number of nitrogens with one attached hydrogen (secondary N) is 1. The number of nitrogens with zero attached hydrogens (tertiary/aromatic N) is 1. The molecule has 0 amide bonds. The monoisotopic (exact) mass is 300 g/mol. The summed E-state index contributed by atoms with van der Waals surface area (Å²) in [5, 5.41) is 1.11. The van der Waals surface area contributed by atoms with E-state index in [0.29, 0.717) is 0 Å². The number of rotatable bonds is 0. The van der Waals surface area contributed by atoms with Gasteiger partial charge in [0.25, 0.3) is 0 Å². The molecule has 1 aromatic carbocycles. The van der Waals surface area contributed by atoms with E-state index in [0.717, 1.165) is 11.0 Å². The number of aromatic nitrogens is 2. The Kier molecular flexibility index (Phi) is 11.5. The van der Waals surface area contributed by atoms with E-state index in [-0.39, 0.29) is 46.5 Å². The molecule has 17 heavy (non-hydrogen) atoms. The second-order valence-corrected chi connectivity index (χ2v) is 2.82. The van der Waals surface area contributed by atoms with Crippen molar-refractivity contribution in [1.29, 1.82) is 0 Å². The molecule has 2 nitrogen and oxygen atoms in total. The van der Waals surface area contributed by atoms with Crippen LogP contribution in [0.4, 0.5) is 0 Å². The summed E-state index contributed by atoms with van der Waals surface area (Å²) in [5.41, 5.74) is 0.900. The number of aromatic amines is 1. The summed E-state index contributed by atoms with van der Waals surface area (Å²) in [6.45, 7) is 0. The van der Waals surface area contributed by atoms with Crippen LogP contribution in [-0.2, 0) is 21.7 Å². The Morgan fingerprint density at radius 1 is 1.12 bits per heavy atom. The third-order valence-corrected chi connectivity index (χ3v) is 1.81. The van der Waals surface area contributed by atoms with Crippen molar-refractivity contribution >= 4 is 11.0 Å². The number of pyridine rings is 1. The maximum Gasteiger partial charge on any atom is 4.00 e. The van der Waals surface area contributed by atoms with Crippen molar-refractivity contribution < 1.29 is 46.5 Å². The van der Waals surface area contributed by atoms with Gasteiger partial charge in [0, 0.05) is 6.20 Å². The van der Waals surface area contributed by atoms with Crippen LogP contribution in [0.25, 0.3) is 11.0 Å². The van der Waals surface area contributed by atoms with E-state index >= 15 is 0 Å². The molecule has 0 fully saturated rings. The minimum absolute atomic E-state index is 0. The average molecular weight is 301 g/mol. The van der Waals surface area contributed by atoms with Gasteiger partial charge in [0.05, 0.1) is 0 Å². The maximum atomic E-state index is 4.05. The average Bonchev–Trinajstić information content (AvgIpc) is 2.92. The van der Waals surface area contributed by atoms with Crippen molar-refractivity contribution in [2.24, 2.45) is 0 Å². The van der Waals surface area contributed by atoms with Gasteiger partial charge in [-0.1, -0.05) is 6.07 Å². The molecule has 1 N–H and O–H groups in total. The van der Waals surface area contributed by atoms with Gasteiger partial charge in [-0.2, -0.15) is 24.3 Å².